The first kappa shape index (κ1) is 18.1. The van der Waals surface area contributed by atoms with Gasteiger partial charge in [-0.1, -0.05) is 41.5 Å². The lowest BCUT2D eigenvalue weighted by atomic mass is 9.68. The Bertz CT molecular complexity index is 326. The van der Waals surface area contributed by atoms with Crippen LogP contribution in [0, 0.1) is 21.7 Å². The van der Waals surface area contributed by atoms with Crippen molar-refractivity contribution in [2.45, 2.75) is 69.2 Å². The Hall–Kier alpha value is -0.860. The van der Waals surface area contributed by atoms with Crippen LogP contribution in [0.2, 0.25) is 0 Å². The summed E-state index contributed by atoms with van der Waals surface area (Å²) in [5, 5.41) is 0. The van der Waals surface area contributed by atoms with Gasteiger partial charge in [0.05, 0.1) is 10.8 Å². The van der Waals surface area contributed by atoms with Gasteiger partial charge < -0.3 is 4.74 Å². The molecule has 3 heteroatoms. The van der Waals surface area contributed by atoms with Crippen molar-refractivity contribution in [3.63, 3.8) is 0 Å². The van der Waals surface area contributed by atoms with E-state index in [0.717, 1.165) is 0 Å². The van der Waals surface area contributed by atoms with Gasteiger partial charge in [-0.25, -0.2) is 0 Å². The van der Waals surface area contributed by atoms with E-state index in [1.807, 2.05) is 69.2 Å². The highest BCUT2D eigenvalue weighted by Crippen LogP contribution is 2.42. The second-order valence-corrected chi connectivity index (χ2v) is 8.43. The molecule has 0 aliphatic heterocycles. The van der Waals surface area contributed by atoms with Crippen molar-refractivity contribution in [1.29, 1.82) is 0 Å². The molecule has 0 aliphatic carbocycles. The predicted molar refractivity (Wildman–Crippen MR) is 77.6 cm³/mol. The third-order valence-corrected chi connectivity index (χ3v) is 4.96. The van der Waals surface area contributed by atoms with Crippen LogP contribution in [-0.4, -0.2) is 11.9 Å². The fourth-order valence-corrected chi connectivity index (χ4v) is 0.952. The largest absolute Gasteiger partial charge is 0.392 e. The number of hydrogen-bond donors (Lipinski definition) is 0. The summed E-state index contributed by atoms with van der Waals surface area (Å²) in [5.41, 5.74) is -1.96. The molecule has 0 rings (SSSR count). The quantitative estimate of drug-likeness (QED) is 0.558. The van der Waals surface area contributed by atoms with E-state index in [2.05, 4.69) is 0 Å². The number of carbonyl (C=O) groups is 2. The van der Waals surface area contributed by atoms with Crippen LogP contribution in [0.25, 0.3) is 0 Å². The van der Waals surface area contributed by atoms with E-state index in [0.29, 0.717) is 0 Å². The van der Waals surface area contributed by atoms with Crippen LogP contribution in [-0.2, 0) is 14.3 Å². The summed E-state index contributed by atoms with van der Waals surface area (Å²) >= 11 is 0. The van der Waals surface area contributed by atoms with Crippen LogP contribution < -0.4 is 0 Å². The molecule has 0 amide bonds. The SMILES string of the molecule is CC(C)(C)C(C)(C)C(=O)OC(=O)C(C)(C)C(C)(C)C. The van der Waals surface area contributed by atoms with Gasteiger partial charge in [0.2, 0.25) is 0 Å². The van der Waals surface area contributed by atoms with Crippen LogP contribution in [0.1, 0.15) is 69.2 Å². The van der Waals surface area contributed by atoms with Gasteiger partial charge in [-0.3, -0.25) is 9.59 Å². The number of ether oxygens (including phenoxy) is 1. The second kappa shape index (κ2) is 4.92. The van der Waals surface area contributed by atoms with Crippen molar-refractivity contribution < 1.29 is 14.3 Å². The molecular weight excluding hydrogens is 240 g/mol. The molecule has 0 unspecified atom stereocenters. The molecule has 0 aliphatic rings. The zero-order valence-electron chi connectivity index (χ0n) is 14.2. The Kier molecular flexibility index (Phi) is 4.69. The normalized spacial score (nSPS) is 14.2. The molecule has 0 aromatic heterocycles. The zero-order valence-corrected chi connectivity index (χ0v) is 14.2. The van der Waals surface area contributed by atoms with Gasteiger partial charge in [0.25, 0.3) is 0 Å². The second-order valence-electron chi connectivity index (χ2n) is 8.43. The molecule has 0 spiro atoms. The Morgan fingerprint density at radius 3 is 0.947 bits per heavy atom. The maximum absolute atomic E-state index is 12.3. The first-order chi connectivity index (χ1) is 8.05. The summed E-state index contributed by atoms with van der Waals surface area (Å²) in [4.78, 5) is 24.5. The maximum Gasteiger partial charge on any atom is 0.319 e. The number of esters is 2. The average molecular weight is 270 g/mol. The molecule has 0 saturated carbocycles. The summed E-state index contributed by atoms with van der Waals surface area (Å²) in [6.45, 7) is 19.0. The molecule has 0 aromatic rings. The van der Waals surface area contributed by atoms with E-state index in [4.69, 9.17) is 4.74 Å². The maximum atomic E-state index is 12.3. The molecule has 0 radical (unpaired) electrons. The summed E-state index contributed by atoms with van der Waals surface area (Å²) in [5.74, 6) is -0.912. The highest BCUT2D eigenvalue weighted by molar-refractivity contribution is 5.91. The minimum absolute atomic E-state index is 0.268. The van der Waals surface area contributed by atoms with Gasteiger partial charge >= 0.3 is 11.9 Å². The standard InChI is InChI=1S/C16H30O3/c1-13(2,3)15(7,8)11(17)19-12(18)16(9,10)14(4,5)6/h1-10H3. The monoisotopic (exact) mass is 270 g/mol. The van der Waals surface area contributed by atoms with E-state index in [1.165, 1.54) is 0 Å². The molecule has 0 heterocycles. The average Bonchev–Trinajstić information content (AvgIpc) is 2.13. The molecule has 0 fully saturated rings. The van der Waals surface area contributed by atoms with E-state index >= 15 is 0 Å². The van der Waals surface area contributed by atoms with Gasteiger partial charge in [0.1, 0.15) is 0 Å². The lowest BCUT2D eigenvalue weighted by molar-refractivity contribution is -0.179. The van der Waals surface area contributed by atoms with E-state index < -0.39 is 22.8 Å². The van der Waals surface area contributed by atoms with E-state index in [1.54, 1.807) is 0 Å². The fraction of sp³-hybridized carbons (Fsp3) is 0.875. The lowest BCUT2D eigenvalue weighted by Crippen LogP contribution is -2.45. The van der Waals surface area contributed by atoms with Crippen LogP contribution >= 0.6 is 0 Å². The Morgan fingerprint density at radius 1 is 0.579 bits per heavy atom. The summed E-state index contributed by atoms with van der Waals surface area (Å²) in [6.07, 6.45) is 0. The molecule has 0 bridgehead atoms. The van der Waals surface area contributed by atoms with E-state index in [9.17, 15) is 9.59 Å². The predicted octanol–water partition coefficient (Wildman–Crippen LogP) is 4.20. The Labute approximate surface area is 118 Å². The summed E-state index contributed by atoms with van der Waals surface area (Å²) < 4.78 is 5.16. The van der Waals surface area contributed by atoms with Gasteiger partial charge in [0.15, 0.2) is 0 Å². The lowest BCUT2D eigenvalue weighted by Gasteiger charge is -2.39. The number of hydrogen-bond acceptors (Lipinski definition) is 3. The van der Waals surface area contributed by atoms with Crippen molar-refractivity contribution in [2.75, 3.05) is 0 Å². The minimum Gasteiger partial charge on any atom is -0.392 e. The van der Waals surface area contributed by atoms with Crippen molar-refractivity contribution in [3.8, 4) is 0 Å². The van der Waals surface area contributed by atoms with Crippen LogP contribution in [0.15, 0.2) is 0 Å². The zero-order chi connectivity index (χ0) is 15.9. The van der Waals surface area contributed by atoms with Crippen LogP contribution in [0.5, 0.6) is 0 Å². The molecule has 0 saturated heterocycles. The fourth-order valence-electron chi connectivity index (χ4n) is 0.952. The molecule has 19 heavy (non-hydrogen) atoms. The van der Waals surface area contributed by atoms with Crippen LogP contribution in [0.4, 0.5) is 0 Å². The first-order valence-electron chi connectivity index (χ1n) is 6.82. The Morgan fingerprint density at radius 2 is 0.789 bits per heavy atom. The number of carbonyl (C=O) groups excluding carboxylic acids is 2. The van der Waals surface area contributed by atoms with Gasteiger partial charge in [0, 0.05) is 0 Å². The topological polar surface area (TPSA) is 43.4 Å². The van der Waals surface area contributed by atoms with Crippen molar-refractivity contribution in [2.24, 2.45) is 21.7 Å². The van der Waals surface area contributed by atoms with Crippen molar-refractivity contribution >= 4 is 11.9 Å². The molecule has 0 N–H and O–H groups in total. The molecular formula is C16H30O3. The summed E-state index contributed by atoms with van der Waals surface area (Å²) in [6, 6.07) is 0. The van der Waals surface area contributed by atoms with Gasteiger partial charge in [-0.15, -0.1) is 0 Å². The van der Waals surface area contributed by atoms with Crippen molar-refractivity contribution in [3.05, 3.63) is 0 Å². The Balaban J connectivity index is 5.11. The third-order valence-electron chi connectivity index (χ3n) is 4.96. The first-order valence-corrected chi connectivity index (χ1v) is 6.82. The highest BCUT2D eigenvalue weighted by Gasteiger charge is 2.46. The molecule has 3 nitrogen and oxygen atoms in total. The summed E-state index contributed by atoms with van der Waals surface area (Å²) in [7, 11) is 0. The van der Waals surface area contributed by atoms with E-state index in [-0.39, 0.29) is 10.8 Å². The molecule has 112 valence electrons. The minimum atomic E-state index is -0.712. The van der Waals surface area contributed by atoms with Crippen molar-refractivity contribution in [1.82, 2.24) is 0 Å². The van der Waals surface area contributed by atoms with Crippen LogP contribution in [0.3, 0.4) is 0 Å². The highest BCUT2D eigenvalue weighted by atomic mass is 16.6. The van der Waals surface area contributed by atoms with Gasteiger partial charge in [-0.05, 0) is 38.5 Å². The third kappa shape index (κ3) is 3.58. The molecule has 0 atom stereocenters. The van der Waals surface area contributed by atoms with Gasteiger partial charge in [-0.2, -0.15) is 0 Å². The molecule has 0 aromatic carbocycles. The number of rotatable bonds is 2. The smallest absolute Gasteiger partial charge is 0.319 e.